The van der Waals surface area contributed by atoms with E-state index in [4.69, 9.17) is 0 Å². The summed E-state index contributed by atoms with van der Waals surface area (Å²) in [6.07, 6.45) is -4.20. The van der Waals surface area contributed by atoms with Crippen molar-refractivity contribution in [2.45, 2.75) is 26.4 Å². The number of carbonyl (C=O) groups excluding carboxylic acids is 2. The largest absolute Gasteiger partial charge is 0.434 e. The summed E-state index contributed by atoms with van der Waals surface area (Å²) in [6, 6.07) is 4.20. The van der Waals surface area contributed by atoms with Crippen LogP contribution in [-0.4, -0.2) is 51.1 Å². The van der Waals surface area contributed by atoms with E-state index in [0.717, 1.165) is 37.4 Å². The Morgan fingerprint density at radius 2 is 1.77 bits per heavy atom. The third-order valence-corrected chi connectivity index (χ3v) is 4.45. The molecule has 0 saturated carbocycles. The van der Waals surface area contributed by atoms with Gasteiger partial charge in [0, 0.05) is 25.1 Å². The monoisotopic (exact) mass is 442 g/mol. The van der Waals surface area contributed by atoms with E-state index in [2.05, 4.69) is 10.5 Å². The summed E-state index contributed by atoms with van der Waals surface area (Å²) in [6.45, 7) is 5.73. The van der Waals surface area contributed by atoms with Gasteiger partial charge in [-0.1, -0.05) is 13.8 Å². The quantitative estimate of drug-likeness (QED) is 0.478. The first-order valence-corrected chi connectivity index (χ1v) is 9.30. The Hall–Kier alpha value is -3.48. The van der Waals surface area contributed by atoms with Crippen molar-refractivity contribution < 1.29 is 27.7 Å². The molecule has 13 heteroatoms. The number of nitro groups is 1. The van der Waals surface area contributed by atoms with Crippen LogP contribution in [0.4, 0.5) is 18.9 Å². The number of nitro benzene ring substituents is 1. The maximum Gasteiger partial charge on any atom is 0.434 e. The summed E-state index contributed by atoms with van der Waals surface area (Å²) in [5, 5.41) is 14.3. The standard InChI is InChI=1S/C18H21F3N6O4/c1-3-25(4-2)10-9-15(28)23-24-17(29)14-11-22-26(16(14)18(19,20)21)12-5-7-13(8-6-12)27(30)31/h5-8,11H,3-4,9-10H2,1-2H3,(H,23,28)(H,24,29). The van der Waals surface area contributed by atoms with E-state index in [1.165, 1.54) is 0 Å². The highest BCUT2D eigenvalue weighted by Crippen LogP contribution is 2.33. The van der Waals surface area contributed by atoms with Crippen molar-refractivity contribution in [1.82, 2.24) is 25.5 Å². The van der Waals surface area contributed by atoms with E-state index in [1.54, 1.807) is 0 Å². The molecule has 31 heavy (non-hydrogen) atoms. The summed E-state index contributed by atoms with van der Waals surface area (Å²) < 4.78 is 41.4. The van der Waals surface area contributed by atoms with Crippen LogP contribution in [-0.2, 0) is 11.0 Å². The Morgan fingerprint density at radius 1 is 1.16 bits per heavy atom. The number of nitrogens with one attached hydrogen (secondary N) is 2. The van der Waals surface area contributed by atoms with Crippen molar-refractivity contribution in [3.8, 4) is 5.69 Å². The van der Waals surface area contributed by atoms with Crippen molar-refractivity contribution in [1.29, 1.82) is 0 Å². The number of rotatable bonds is 8. The first-order chi connectivity index (χ1) is 14.6. The maximum absolute atomic E-state index is 13.6. The molecule has 0 bridgehead atoms. The first kappa shape index (κ1) is 23.8. The van der Waals surface area contributed by atoms with Gasteiger partial charge in [0.2, 0.25) is 5.91 Å². The number of hydrogen-bond donors (Lipinski definition) is 2. The molecule has 2 aromatic rings. The zero-order chi connectivity index (χ0) is 23.2. The molecule has 2 amide bonds. The van der Waals surface area contributed by atoms with Gasteiger partial charge in [0.15, 0.2) is 5.69 Å². The molecule has 0 spiro atoms. The van der Waals surface area contributed by atoms with E-state index < -0.39 is 34.2 Å². The van der Waals surface area contributed by atoms with Crippen LogP contribution < -0.4 is 10.9 Å². The van der Waals surface area contributed by atoms with Gasteiger partial charge in [-0.2, -0.15) is 18.3 Å². The highest BCUT2D eigenvalue weighted by molar-refractivity contribution is 5.96. The molecule has 10 nitrogen and oxygen atoms in total. The average Bonchev–Trinajstić information content (AvgIpc) is 3.18. The molecule has 2 rings (SSSR count). The van der Waals surface area contributed by atoms with Crippen LogP contribution in [0, 0.1) is 10.1 Å². The minimum Gasteiger partial charge on any atom is -0.303 e. The minimum absolute atomic E-state index is 0.0517. The van der Waals surface area contributed by atoms with Crippen molar-refractivity contribution in [2.24, 2.45) is 0 Å². The normalized spacial score (nSPS) is 11.4. The topological polar surface area (TPSA) is 122 Å². The highest BCUT2D eigenvalue weighted by Gasteiger charge is 2.40. The van der Waals surface area contributed by atoms with Gasteiger partial charge < -0.3 is 4.90 Å². The van der Waals surface area contributed by atoms with E-state index >= 15 is 0 Å². The van der Waals surface area contributed by atoms with Crippen LogP contribution in [0.25, 0.3) is 5.69 Å². The fourth-order valence-corrected chi connectivity index (χ4v) is 2.75. The Morgan fingerprint density at radius 3 is 2.29 bits per heavy atom. The Bertz CT molecular complexity index is 939. The second kappa shape index (κ2) is 10.0. The molecule has 2 N–H and O–H groups in total. The fourth-order valence-electron chi connectivity index (χ4n) is 2.75. The van der Waals surface area contributed by atoms with Crippen LogP contribution >= 0.6 is 0 Å². The molecule has 1 aromatic carbocycles. The van der Waals surface area contributed by atoms with Crippen molar-refractivity contribution in [3.63, 3.8) is 0 Å². The fraction of sp³-hybridized carbons (Fsp3) is 0.389. The van der Waals surface area contributed by atoms with E-state index in [9.17, 15) is 32.9 Å². The lowest BCUT2D eigenvalue weighted by Gasteiger charge is -2.17. The molecule has 1 aromatic heterocycles. The first-order valence-electron chi connectivity index (χ1n) is 9.30. The number of amides is 2. The molecule has 0 fully saturated rings. The number of halogens is 3. The van der Waals surface area contributed by atoms with Crippen molar-refractivity contribution >= 4 is 17.5 Å². The Kier molecular flexibility index (Phi) is 7.69. The summed E-state index contributed by atoms with van der Waals surface area (Å²) in [4.78, 5) is 36.1. The number of nitrogens with zero attached hydrogens (tertiary/aromatic N) is 4. The molecule has 0 aliphatic carbocycles. The average molecular weight is 442 g/mol. The minimum atomic E-state index is -4.96. The molecule has 0 aliphatic rings. The zero-order valence-corrected chi connectivity index (χ0v) is 16.8. The maximum atomic E-state index is 13.6. The molecule has 0 unspecified atom stereocenters. The van der Waals surface area contributed by atoms with Crippen LogP contribution in [0.3, 0.4) is 0 Å². The Balaban J connectivity index is 2.18. The van der Waals surface area contributed by atoms with E-state index in [-0.39, 0.29) is 17.8 Å². The molecule has 0 radical (unpaired) electrons. The predicted octanol–water partition coefficient (Wildman–Crippen LogP) is 2.29. The molecule has 0 aliphatic heterocycles. The van der Waals surface area contributed by atoms with Gasteiger partial charge in [-0.05, 0) is 25.2 Å². The van der Waals surface area contributed by atoms with Gasteiger partial charge in [-0.3, -0.25) is 30.6 Å². The number of hydrogen-bond acceptors (Lipinski definition) is 6. The third-order valence-electron chi connectivity index (χ3n) is 4.45. The summed E-state index contributed by atoms with van der Waals surface area (Å²) in [7, 11) is 0. The smallest absolute Gasteiger partial charge is 0.303 e. The number of benzene rings is 1. The van der Waals surface area contributed by atoms with Gasteiger partial charge in [0.25, 0.3) is 11.6 Å². The second-order valence-electron chi connectivity index (χ2n) is 6.37. The van der Waals surface area contributed by atoms with Crippen molar-refractivity contribution in [2.75, 3.05) is 19.6 Å². The van der Waals surface area contributed by atoms with Gasteiger partial charge in [0.05, 0.1) is 22.4 Å². The van der Waals surface area contributed by atoms with Crippen molar-refractivity contribution in [3.05, 3.63) is 51.8 Å². The number of carbonyl (C=O) groups is 2. The lowest BCUT2D eigenvalue weighted by atomic mass is 10.2. The van der Waals surface area contributed by atoms with Gasteiger partial charge >= 0.3 is 6.18 Å². The SMILES string of the molecule is CCN(CC)CCC(=O)NNC(=O)c1cnn(-c2ccc([N+](=O)[O-])cc2)c1C(F)(F)F. The summed E-state index contributed by atoms with van der Waals surface area (Å²) in [5.74, 6) is -1.76. The van der Waals surface area contributed by atoms with Gasteiger partial charge in [-0.15, -0.1) is 0 Å². The molecule has 168 valence electrons. The number of alkyl halides is 3. The van der Waals surface area contributed by atoms with E-state index in [0.29, 0.717) is 17.4 Å². The van der Waals surface area contributed by atoms with Gasteiger partial charge in [0.1, 0.15) is 0 Å². The molecule has 0 atom stereocenters. The Labute approximate surface area is 175 Å². The van der Waals surface area contributed by atoms with Crippen LogP contribution in [0.2, 0.25) is 0 Å². The highest BCUT2D eigenvalue weighted by atomic mass is 19.4. The molecule has 1 heterocycles. The second-order valence-corrected chi connectivity index (χ2v) is 6.37. The lowest BCUT2D eigenvalue weighted by molar-refractivity contribution is -0.384. The van der Waals surface area contributed by atoms with Gasteiger partial charge in [-0.25, -0.2) is 4.68 Å². The molecular weight excluding hydrogens is 421 g/mol. The predicted molar refractivity (Wildman–Crippen MR) is 103 cm³/mol. The summed E-state index contributed by atoms with van der Waals surface area (Å²) in [5.41, 5.74) is 1.42. The number of aromatic nitrogens is 2. The number of hydrazine groups is 1. The van der Waals surface area contributed by atoms with E-state index in [1.807, 2.05) is 24.2 Å². The third kappa shape index (κ3) is 6.01. The van der Waals surface area contributed by atoms with Crippen LogP contribution in [0.1, 0.15) is 36.3 Å². The number of non-ortho nitro benzene ring substituents is 1. The zero-order valence-electron chi connectivity index (χ0n) is 16.8. The summed E-state index contributed by atoms with van der Waals surface area (Å²) >= 11 is 0. The molecular formula is C18H21F3N6O4. The van der Waals surface area contributed by atoms with Crippen LogP contribution in [0.15, 0.2) is 30.5 Å². The van der Waals surface area contributed by atoms with Crippen LogP contribution in [0.5, 0.6) is 0 Å². The molecule has 0 saturated heterocycles. The lowest BCUT2D eigenvalue weighted by Crippen LogP contribution is -2.43.